The first kappa shape index (κ1) is 50.9. The van der Waals surface area contributed by atoms with Crippen molar-refractivity contribution in [2.45, 2.75) is 24.2 Å². The van der Waals surface area contributed by atoms with Gasteiger partial charge in [-0.2, -0.15) is 0 Å². The fourth-order valence-corrected chi connectivity index (χ4v) is 10.2. The molecule has 0 unspecified atom stereocenters. The molecule has 0 bridgehead atoms. The lowest BCUT2D eigenvalue weighted by Crippen LogP contribution is -2.53. The molecular weight excluding hydrogens is 992 g/mol. The molecule has 0 radical (unpaired) electrons. The van der Waals surface area contributed by atoms with E-state index in [0.29, 0.717) is 77.4 Å². The third kappa shape index (κ3) is 10.2. The smallest absolute Gasteiger partial charge is 0.325 e. The van der Waals surface area contributed by atoms with Gasteiger partial charge in [-0.1, -0.05) is 12.1 Å². The average molecular weight is 1050 g/mol. The van der Waals surface area contributed by atoms with Gasteiger partial charge in [0.1, 0.15) is 34.2 Å². The number of furan rings is 2. The minimum absolute atomic E-state index is 0.0747. The number of pyridine rings is 2. The molecule has 6 aliphatic rings. The number of amides is 8. The van der Waals surface area contributed by atoms with Crippen LogP contribution >= 0.6 is 11.6 Å². The highest BCUT2D eigenvalue weighted by Crippen LogP contribution is 2.38. The van der Waals surface area contributed by atoms with Gasteiger partial charge in [0.2, 0.25) is 0 Å². The van der Waals surface area contributed by atoms with Gasteiger partial charge < -0.3 is 48.2 Å². The third-order valence-corrected chi connectivity index (χ3v) is 14.3. The number of benzene rings is 2. The molecule has 0 saturated carbocycles. The van der Waals surface area contributed by atoms with Crippen molar-refractivity contribution in [3.05, 3.63) is 119 Å². The van der Waals surface area contributed by atoms with E-state index in [1.165, 1.54) is 16.9 Å². The summed E-state index contributed by atoms with van der Waals surface area (Å²) < 4.78 is 33.0. The van der Waals surface area contributed by atoms with Crippen molar-refractivity contribution in [2.75, 3.05) is 105 Å². The van der Waals surface area contributed by atoms with Gasteiger partial charge in [-0.25, -0.2) is 9.59 Å². The first-order valence-electron chi connectivity index (χ1n) is 24.5. The summed E-state index contributed by atoms with van der Waals surface area (Å²) in [7, 11) is 3.07. The van der Waals surface area contributed by atoms with E-state index < -0.39 is 35.0 Å². The number of nitrogens with zero attached hydrogens (tertiary/aromatic N) is 7. The van der Waals surface area contributed by atoms with Crippen LogP contribution in [0.1, 0.15) is 43.4 Å². The Balaban J connectivity index is 0.000000150. The molecule has 6 aromatic rings. The normalized spacial score (nSPS) is 21.6. The maximum atomic E-state index is 14.0. The van der Waals surface area contributed by atoms with Crippen molar-refractivity contribution >= 4 is 69.2 Å². The van der Waals surface area contributed by atoms with Gasteiger partial charge in [-0.3, -0.25) is 49.2 Å². The van der Waals surface area contributed by atoms with Gasteiger partial charge >= 0.3 is 12.1 Å². The van der Waals surface area contributed by atoms with Crippen LogP contribution in [0.25, 0.3) is 21.9 Å². The van der Waals surface area contributed by atoms with Gasteiger partial charge in [-0.05, 0) is 59.7 Å². The van der Waals surface area contributed by atoms with Crippen LogP contribution in [0.2, 0.25) is 0 Å². The second kappa shape index (κ2) is 21.7. The lowest BCUT2D eigenvalue weighted by Gasteiger charge is -2.30. The highest BCUT2D eigenvalue weighted by Gasteiger charge is 2.57. The molecule has 10 heterocycles. The maximum absolute atomic E-state index is 14.0. The summed E-state index contributed by atoms with van der Waals surface area (Å²) in [5.41, 5.74) is 0.659. The van der Waals surface area contributed by atoms with Crippen LogP contribution in [0.3, 0.4) is 0 Å². The molecule has 392 valence electrons. The molecule has 2 atom stereocenters. The van der Waals surface area contributed by atoms with Crippen molar-refractivity contribution in [1.82, 2.24) is 50.4 Å². The number of hydrogen-bond donors (Lipinski definition) is 3. The van der Waals surface area contributed by atoms with Crippen LogP contribution in [-0.4, -0.2) is 176 Å². The summed E-state index contributed by atoms with van der Waals surface area (Å²) >= 11 is 5.55. The Morgan fingerprint density at radius 1 is 0.627 bits per heavy atom. The van der Waals surface area contributed by atoms with E-state index >= 15 is 0 Å². The summed E-state index contributed by atoms with van der Waals surface area (Å²) in [5.74, 6) is 0.896. The molecule has 0 spiro atoms. The minimum Gasteiger partial charge on any atom is -0.497 e. The highest BCUT2D eigenvalue weighted by atomic mass is 35.5. The summed E-state index contributed by atoms with van der Waals surface area (Å²) in [4.78, 5) is 95.3. The number of halogens is 1. The van der Waals surface area contributed by atoms with E-state index in [1.807, 2.05) is 12.1 Å². The number of ether oxygens (including phenoxy) is 4. The Bertz CT molecular complexity index is 3090. The molecular formula is C52H55ClN10O12. The summed E-state index contributed by atoms with van der Waals surface area (Å²) in [6.07, 6.45) is 6.41. The second-order valence-corrected chi connectivity index (χ2v) is 19.0. The Labute approximate surface area is 435 Å². The van der Waals surface area contributed by atoms with E-state index in [9.17, 15) is 28.8 Å². The standard InChI is InChI=1S/C26H27N5O6.C20H16N4O5.C6H12ClNO/c1-35-19-3-2-17-15-30(23(32)20(17)13-19)16-26(22-12-18-14-27-5-4-21(18)37-22)24(33)31(25(34)28-26)7-6-29-8-10-36-11-9-29;1-28-13-3-2-11-9-24(17(25)14(11)7-13)10-20(18(26)22-19(27)23-20)16-6-12-8-21-5-4-15(12)29-16;7-1-2-8-3-5-9-6-4-8/h2-5,12-14H,6-11,15-16H2,1H3,(H,28,34);2-8H,9-10H2,1H3,(H2,22,23,26,27);1-6H2/t26-;20-;/m00./s1. The SMILES string of the molecule is COc1ccc2c(c1)C(=O)N(C[C@@]1(c3cc4cnccc4o3)NC(=O)N(CCN3CCOCC3)C1=O)C2.COc1ccc2c(c1)C(=O)N(C[C@@]1(c3cc4cnccc4o3)NC(=O)NC1=O)C2.ClCCN1CCOCC1. The first-order chi connectivity index (χ1) is 36.4. The van der Waals surface area contributed by atoms with Crippen LogP contribution in [-0.2, 0) is 43.2 Å². The van der Waals surface area contributed by atoms with E-state index in [0.717, 1.165) is 62.9 Å². The number of hydrogen-bond acceptors (Lipinski definition) is 16. The predicted molar refractivity (Wildman–Crippen MR) is 269 cm³/mol. The number of methoxy groups -OCH3 is 2. The number of carbonyl (C=O) groups excluding carboxylic acids is 6. The van der Waals surface area contributed by atoms with Crippen molar-refractivity contribution in [1.29, 1.82) is 0 Å². The van der Waals surface area contributed by atoms with Crippen LogP contribution < -0.4 is 25.4 Å². The van der Waals surface area contributed by atoms with Gasteiger partial charge in [0.05, 0.1) is 53.7 Å². The van der Waals surface area contributed by atoms with Crippen molar-refractivity contribution < 1.29 is 56.5 Å². The molecule has 75 heavy (non-hydrogen) atoms. The minimum atomic E-state index is -1.57. The monoisotopic (exact) mass is 1050 g/mol. The number of aromatic nitrogens is 2. The Kier molecular flexibility index (Phi) is 14.7. The number of urea groups is 2. The zero-order valence-electron chi connectivity index (χ0n) is 41.3. The van der Waals surface area contributed by atoms with Gasteiger partial charge in [0.25, 0.3) is 23.6 Å². The molecule has 0 aliphatic carbocycles. The van der Waals surface area contributed by atoms with Gasteiger partial charge in [-0.15, -0.1) is 11.6 Å². The highest BCUT2D eigenvalue weighted by molar-refractivity contribution is 6.18. The Hall–Kier alpha value is -7.63. The number of alkyl halides is 1. The zero-order chi connectivity index (χ0) is 52.3. The molecule has 2 aromatic carbocycles. The molecule has 4 saturated heterocycles. The molecule has 12 rings (SSSR count). The lowest BCUT2D eigenvalue weighted by atomic mass is 9.94. The second-order valence-electron chi connectivity index (χ2n) is 18.6. The molecule has 23 heteroatoms. The number of imide groups is 2. The van der Waals surface area contributed by atoms with Crippen LogP contribution in [0.4, 0.5) is 9.59 Å². The maximum Gasteiger partial charge on any atom is 0.325 e. The lowest BCUT2D eigenvalue weighted by molar-refractivity contribution is -0.133. The average Bonchev–Trinajstić information content (AvgIpc) is 4.29. The molecule has 22 nitrogen and oxygen atoms in total. The van der Waals surface area contributed by atoms with Gasteiger partial charge in [0.15, 0.2) is 11.1 Å². The zero-order valence-corrected chi connectivity index (χ0v) is 42.1. The fraction of sp³-hybridized carbons (Fsp3) is 0.385. The number of fused-ring (bicyclic) bond motifs is 4. The van der Waals surface area contributed by atoms with Crippen molar-refractivity contribution in [2.24, 2.45) is 0 Å². The number of nitrogens with one attached hydrogen (secondary N) is 3. The summed E-state index contributed by atoms with van der Waals surface area (Å²) in [5, 5.41) is 9.20. The molecule has 6 aliphatic heterocycles. The Morgan fingerprint density at radius 2 is 1.13 bits per heavy atom. The van der Waals surface area contributed by atoms with Gasteiger partial charge in [0, 0.05) is 111 Å². The molecule has 8 amide bonds. The van der Waals surface area contributed by atoms with E-state index in [2.05, 4.69) is 35.7 Å². The number of rotatable bonds is 13. The quantitative estimate of drug-likeness (QED) is 0.110. The van der Waals surface area contributed by atoms with Crippen LogP contribution in [0, 0.1) is 0 Å². The van der Waals surface area contributed by atoms with E-state index in [1.54, 1.807) is 85.3 Å². The van der Waals surface area contributed by atoms with E-state index in [-0.39, 0.29) is 43.0 Å². The van der Waals surface area contributed by atoms with Crippen molar-refractivity contribution in [3.8, 4) is 11.5 Å². The number of carbonyl (C=O) groups is 6. The molecule has 4 fully saturated rings. The largest absolute Gasteiger partial charge is 0.497 e. The Morgan fingerprint density at radius 3 is 1.61 bits per heavy atom. The summed E-state index contributed by atoms with van der Waals surface area (Å²) in [6, 6.07) is 16.2. The van der Waals surface area contributed by atoms with E-state index in [4.69, 9.17) is 39.4 Å². The summed E-state index contributed by atoms with van der Waals surface area (Å²) in [6.45, 7) is 8.81. The molecule has 3 N–H and O–H groups in total. The van der Waals surface area contributed by atoms with Crippen LogP contribution in [0.5, 0.6) is 11.5 Å². The van der Waals surface area contributed by atoms with Crippen LogP contribution in [0.15, 0.2) is 94.3 Å². The topological polar surface area (TPSA) is 244 Å². The first-order valence-corrected chi connectivity index (χ1v) is 25.0. The fourth-order valence-electron chi connectivity index (χ4n) is 10.00. The third-order valence-electron chi connectivity index (χ3n) is 14.1. The predicted octanol–water partition coefficient (Wildman–Crippen LogP) is 3.66. The molecule has 4 aromatic heterocycles. The van der Waals surface area contributed by atoms with Crippen molar-refractivity contribution in [3.63, 3.8) is 0 Å². The number of morpholine rings is 2.